The van der Waals surface area contributed by atoms with E-state index in [-0.39, 0.29) is 24.6 Å². The van der Waals surface area contributed by atoms with Gasteiger partial charge in [-0.2, -0.15) is 0 Å². The van der Waals surface area contributed by atoms with Crippen molar-refractivity contribution in [3.05, 3.63) is 58.6 Å². The van der Waals surface area contributed by atoms with Gasteiger partial charge in [-0.15, -0.1) is 0 Å². The second-order valence-electron chi connectivity index (χ2n) is 5.50. The van der Waals surface area contributed by atoms with Crippen LogP contribution in [-0.4, -0.2) is 18.4 Å². The lowest BCUT2D eigenvalue weighted by Crippen LogP contribution is -2.28. The van der Waals surface area contributed by atoms with E-state index < -0.39 is 23.5 Å². The summed E-state index contributed by atoms with van der Waals surface area (Å²) in [6, 6.07) is 10.3. The van der Waals surface area contributed by atoms with Crippen molar-refractivity contribution in [2.45, 2.75) is 6.42 Å². The summed E-state index contributed by atoms with van der Waals surface area (Å²) in [5, 5.41) is 2.52. The molecule has 24 heavy (non-hydrogen) atoms. The highest BCUT2D eigenvalue weighted by Gasteiger charge is 2.35. The molecule has 3 rings (SSSR count). The van der Waals surface area contributed by atoms with Crippen LogP contribution < -0.4 is 10.2 Å². The van der Waals surface area contributed by atoms with Crippen molar-refractivity contribution >= 4 is 39.1 Å². The lowest BCUT2D eigenvalue weighted by Gasteiger charge is -2.16. The number of hydrogen-bond acceptors (Lipinski definition) is 2. The summed E-state index contributed by atoms with van der Waals surface area (Å²) in [5.74, 6) is -3.11. The minimum absolute atomic E-state index is 0.0750. The minimum atomic E-state index is -1.04. The molecule has 1 atom stereocenters. The lowest BCUT2D eigenvalue weighted by molar-refractivity contribution is -0.122. The molecule has 0 saturated carbocycles. The fourth-order valence-electron chi connectivity index (χ4n) is 2.57. The number of rotatable bonds is 3. The van der Waals surface area contributed by atoms with Crippen molar-refractivity contribution in [2.24, 2.45) is 5.92 Å². The summed E-state index contributed by atoms with van der Waals surface area (Å²) in [4.78, 5) is 26.0. The van der Waals surface area contributed by atoms with Gasteiger partial charge in [-0.05, 0) is 36.4 Å². The Labute approximate surface area is 145 Å². The number of nitrogens with zero attached hydrogens (tertiary/aromatic N) is 1. The molecular weight excluding hydrogens is 382 g/mol. The van der Waals surface area contributed by atoms with Crippen molar-refractivity contribution in [3.8, 4) is 0 Å². The van der Waals surface area contributed by atoms with Gasteiger partial charge in [0.15, 0.2) is 11.6 Å². The summed E-state index contributed by atoms with van der Waals surface area (Å²) < 4.78 is 27.0. The lowest BCUT2D eigenvalue weighted by atomic mass is 10.1. The number of amides is 2. The smallest absolute Gasteiger partial charge is 0.229 e. The van der Waals surface area contributed by atoms with Gasteiger partial charge in [-0.3, -0.25) is 9.59 Å². The first kappa shape index (κ1) is 16.6. The van der Waals surface area contributed by atoms with Crippen LogP contribution in [0.4, 0.5) is 20.2 Å². The van der Waals surface area contributed by atoms with Gasteiger partial charge in [-0.1, -0.05) is 15.9 Å². The maximum absolute atomic E-state index is 13.2. The fraction of sp³-hybridized carbons (Fsp3) is 0.176. The maximum Gasteiger partial charge on any atom is 0.229 e. The van der Waals surface area contributed by atoms with Gasteiger partial charge in [-0.25, -0.2) is 8.78 Å². The summed E-state index contributed by atoms with van der Waals surface area (Å²) in [7, 11) is 0. The van der Waals surface area contributed by atoms with Crippen LogP contribution in [0.5, 0.6) is 0 Å². The van der Waals surface area contributed by atoms with Crippen LogP contribution >= 0.6 is 15.9 Å². The first-order valence-electron chi connectivity index (χ1n) is 7.26. The molecule has 0 bridgehead atoms. The molecule has 4 nitrogen and oxygen atoms in total. The normalized spacial score (nSPS) is 17.2. The quantitative estimate of drug-likeness (QED) is 0.862. The third kappa shape index (κ3) is 3.46. The Morgan fingerprint density at radius 3 is 2.50 bits per heavy atom. The van der Waals surface area contributed by atoms with E-state index in [1.54, 1.807) is 17.0 Å². The predicted octanol–water partition coefficient (Wildman–Crippen LogP) is 3.72. The third-order valence-electron chi connectivity index (χ3n) is 3.82. The van der Waals surface area contributed by atoms with Crippen molar-refractivity contribution in [1.29, 1.82) is 0 Å². The van der Waals surface area contributed by atoms with E-state index in [1.165, 1.54) is 6.07 Å². The van der Waals surface area contributed by atoms with Crippen molar-refractivity contribution < 1.29 is 18.4 Å². The SMILES string of the molecule is O=C(Nc1ccc(F)c(F)c1)C1CC(=O)N(c2ccc(Br)cc2)C1. The molecule has 1 aliphatic rings. The first-order valence-corrected chi connectivity index (χ1v) is 8.05. The molecule has 2 aromatic rings. The number of hydrogen-bond donors (Lipinski definition) is 1. The van der Waals surface area contributed by atoms with Crippen LogP contribution in [0.1, 0.15) is 6.42 Å². The Morgan fingerprint density at radius 2 is 1.83 bits per heavy atom. The molecule has 1 unspecified atom stereocenters. The average Bonchev–Trinajstić information content (AvgIpc) is 2.94. The Bertz CT molecular complexity index is 796. The summed E-state index contributed by atoms with van der Waals surface area (Å²) in [5.41, 5.74) is 0.875. The molecule has 0 aromatic heterocycles. The van der Waals surface area contributed by atoms with Crippen LogP contribution in [0, 0.1) is 17.6 Å². The third-order valence-corrected chi connectivity index (χ3v) is 4.35. The molecular formula is C17H13BrF2N2O2. The number of carbonyl (C=O) groups excluding carboxylic acids is 2. The molecule has 2 aromatic carbocycles. The minimum Gasteiger partial charge on any atom is -0.326 e. The topological polar surface area (TPSA) is 49.4 Å². The van der Waals surface area contributed by atoms with E-state index in [0.717, 1.165) is 16.6 Å². The predicted molar refractivity (Wildman–Crippen MR) is 89.6 cm³/mol. The highest BCUT2D eigenvalue weighted by molar-refractivity contribution is 9.10. The van der Waals surface area contributed by atoms with Crippen molar-refractivity contribution in [1.82, 2.24) is 0 Å². The second kappa shape index (κ2) is 6.68. The Hall–Kier alpha value is -2.28. The molecule has 1 fully saturated rings. The number of halogens is 3. The number of anilines is 2. The van der Waals surface area contributed by atoms with E-state index in [2.05, 4.69) is 21.2 Å². The molecule has 124 valence electrons. The molecule has 0 aliphatic carbocycles. The first-order chi connectivity index (χ1) is 11.4. The Morgan fingerprint density at radius 1 is 1.12 bits per heavy atom. The summed E-state index contributed by atoms with van der Waals surface area (Å²) in [6.07, 6.45) is 0.0750. The van der Waals surface area contributed by atoms with Crippen LogP contribution in [0.3, 0.4) is 0 Å². The van der Waals surface area contributed by atoms with Gasteiger partial charge in [0.1, 0.15) is 0 Å². The summed E-state index contributed by atoms with van der Waals surface area (Å²) in [6.45, 7) is 0.246. The molecule has 1 aliphatic heterocycles. The van der Waals surface area contributed by atoms with Gasteiger partial charge in [0.2, 0.25) is 11.8 Å². The zero-order valence-corrected chi connectivity index (χ0v) is 14.0. The molecule has 1 saturated heterocycles. The standard InChI is InChI=1S/C17H13BrF2N2O2/c18-11-1-4-13(5-2-11)22-9-10(7-16(22)23)17(24)21-12-3-6-14(19)15(20)8-12/h1-6,8,10H,7,9H2,(H,21,24). The van der Waals surface area contributed by atoms with E-state index in [0.29, 0.717) is 5.69 Å². The van der Waals surface area contributed by atoms with Gasteiger partial charge in [0.25, 0.3) is 0 Å². The average molecular weight is 395 g/mol. The summed E-state index contributed by atoms with van der Waals surface area (Å²) >= 11 is 3.33. The maximum atomic E-state index is 13.2. The van der Waals surface area contributed by atoms with Crippen LogP contribution in [0.25, 0.3) is 0 Å². The fourth-order valence-corrected chi connectivity index (χ4v) is 2.84. The van der Waals surface area contributed by atoms with Crippen LogP contribution in [0.2, 0.25) is 0 Å². The molecule has 0 spiro atoms. The molecule has 1 N–H and O–H groups in total. The largest absolute Gasteiger partial charge is 0.326 e. The van der Waals surface area contributed by atoms with Crippen molar-refractivity contribution in [3.63, 3.8) is 0 Å². The van der Waals surface area contributed by atoms with E-state index in [4.69, 9.17) is 0 Å². The zero-order chi connectivity index (χ0) is 17.3. The van der Waals surface area contributed by atoms with Crippen LogP contribution in [0.15, 0.2) is 46.9 Å². The number of nitrogens with one attached hydrogen (secondary N) is 1. The molecule has 1 heterocycles. The molecule has 0 radical (unpaired) electrons. The highest BCUT2D eigenvalue weighted by atomic mass is 79.9. The van der Waals surface area contributed by atoms with Gasteiger partial charge >= 0.3 is 0 Å². The molecule has 2 amide bonds. The van der Waals surface area contributed by atoms with Gasteiger partial charge in [0, 0.05) is 34.9 Å². The highest BCUT2D eigenvalue weighted by Crippen LogP contribution is 2.27. The molecule has 7 heteroatoms. The number of carbonyl (C=O) groups is 2. The van der Waals surface area contributed by atoms with Crippen molar-refractivity contribution in [2.75, 3.05) is 16.8 Å². The number of benzene rings is 2. The Kier molecular flexibility index (Phi) is 4.62. The second-order valence-corrected chi connectivity index (χ2v) is 6.42. The Balaban J connectivity index is 1.69. The van der Waals surface area contributed by atoms with E-state index in [1.807, 2.05) is 12.1 Å². The van der Waals surface area contributed by atoms with Gasteiger partial charge in [0.05, 0.1) is 5.92 Å². The zero-order valence-electron chi connectivity index (χ0n) is 12.4. The monoisotopic (exact) mass is 394 g/mol. The van der Waals surface area contributed by atoms with Gasteiger partial charge < -0.3 is 10.2 Å². The van der Waals surface area contributed by atoms with E-state index in [9.17, 15) is 18.4 Å². The van der Waals surface area contributed by atoms with E-state index >= 15 is 0 Å². The van der Waals surface area contributed by atoms with Crippen LogP contribution in [-0.2, 0) is 9.59 Å².